The standard InChI is InChI=1S/C15H14N2S2/c1-11-6-8-18-14(11)10-17-13-4-2-12(3-5-13)15-16-7-9-19-15/h2-9,17H,10H2,1H3. The summed E-state index contributed by atoms with van der Waals surface area (Å²) in [4.78, 5) is 5.71. The average Bonchev–Trinajstić information content (AvgIpc) is 3.09. The number of hydrogen-bond donors (Lipinski definition) is 1. The molecule has 0 amide bonds. The van der Waals surface area contributed by atoms with Crippen molar-refractivity contribution in [2.75, 3.05) is 5.32 Å². The summed E-state index contributed by atoms with van der Waals surface area (Å²) in [5.74, 6) is 0. The van der Waals surface area contributed by atoms with Gasteiger partial charge < -0.3 is 5.32 Å². The van der Waals surface area contributed by atoms with E-state index in [0.717, 1.165) is 17.2 Å². The van der Waals surface area contributed by atoms with Crippen molar-refractivity contribution in [3.8, 4) is 10.6 Å². The van der Waals surface area contributed by atoms with Crippen LogP contribution in [0.1, 0.15) is 10.4 Å². The van der Waals surface area contributed by atoms with Crippen LogP contribution in [-0.4, -0.2) is 4.98 Å². The molecule has 2 heterocycles. The topological polar surface area (TPSA) is 24.9 Å². The zero-order valence-corrected chi connectivity index (χ0v) is 12.2. The molecule has 0 aliphatic rings. The largest absolute Gasteiger partial charge is 0.380 e. The lowest BCUT2D eigenvalue weighted by Gasteiger charge is -2.06. The Bertz CT molecular complexity index is 639. The van der Waals surface area contributed by atoms with Crippen LogP contribution in [0.25, 0.3) is 10.6 Å². The maximum atomic E-state index is 4.31. The molecule has 2 nitrogen and oxygen atoms in total. The lowest BCUT2D eigenvalue weighted by molar-refractivity contribution is 1.17. The maximum Gasteiger partial charge on any atom is 0.123 e. The highest BCUT2D eigenvalue weighted by molar-refractivity contribution is 7.13. The molecule has 0 saturated heterocycles. The SMILES string of the molecule is Cc1ccsc1CNc1ccc(-c2nccs2)cc1. The second kappa shape index (κ2) is 5.55. The van der Waals surface area contributed by atoms with Crippen LogP contribution < -0.4 is 5.32 Å². The van der Waals surface area contributed by atoms with Gasteiger partial charge in [0.25, 0.3) is 0 Å². The van der Waals surface area contributed by atoms with Gasteiger partial charge in [-0.3, -0.25) is 0 Å². The average molecular weight is 286 g/mol. The van der Waals surface area contributed by atoms with Gasteiger partial charge in [-0.2, -0.15) is 0 Å². The molecule has 1 N–H and O–H groups in total. The quantitative estimate of drug-likeness (QED) is 0.745. The van der Waals surface area contributed by atoms with Crippen LogP contribution in [0.5, 0.6) is 0 Å². The lowest BCUT2D eigenvalue weighted by Crippen LogP contribution is -1.98. The molecule has 96 valence electrons. The molecule has 1 aromatic carbocycles. The number of anilines is 1. The minimum Gasteiger partial charge on any atom is -0.380 e. The van der Waals surface area contributed by atoms with Gasteiger partial charge in [0.15, 0.2) is 0 Å². The lowest BCUT2D eigenvalue weighted by atomic mass is 10.2. The number of nitrogens with zero attached hydrogens (tertiary/aromatic N) is 1. The molecular weight excluding hydrogens is 272 g/mol. The normalized spacial score (nSPS) is 10.6. The summed E-state index contributed by atoms with van der Waals surface area (Å²) in [5.41, 5.74) is 3.68. The van der Waals surface area contributed by atoms with Gasteiger partial charge in [0.2, 0.25) is 0 Å². The first-order chi connectivity index (χ1) is 9.33. The Morgan fingerprint density at radius 3 is 2.53 bits per heavy atom. The van der Waals surface area contributed by atoms with Gasteiger partial charge in [0, 0.05) is 34.2 Å². The summed E-state index contributed by atoms with van der Waals surface area (Å²) in [6, 6.07) is 10.6. The number of aryl methyl sites for hydroxylation is 1. The molecule has 0 saturated carbocycles. The monoisotopic (exact) mass is 286 g/mol. The summed E-state index contributed by atoms with van der Waals surface area (Å²) in [5, 5.41) is 8.66. The van der Waals surface area contributed by atoms with E-state index >= 15 is 0 Å². The number of thiophene rings is 1. The molecule has 0 atom stereocenters. The number of hydrogen-bond acceptors (Lipinski definition) is 4. The first-order valence-electron chi connectivity index (χ1n) is 6.10. The van der Waals surface area contributed by atoms with Crippen LogP contribution in [0.15, 0.2) is 47.3 Å². The first-order valence-corrected chi connectivity index (χ1v) is 7.85. The molecular formula is C15H14N2S2. The summed E-state index contributed by atoms with van der Waals surface area (Å²) in [7, 11) is 0. The highest BCUT2D eigenvalue weighted by Gasteiger charge is 2.02. The Hall–Kier alpha value is -1.65. The second-order valence-corrected chi connectivity index (χ2v) is 6.19. The number of rotatable bonds is 4. The van der Waals surface area contributed by atoms with E-state index in [4.69, 9.17) is 0 Å². The first kappa shape index (κ1) is 12.4. The summed E-state index contributed by atoms with van der Waals surface area (Å²) in [6.07, 6.45) is 1.84. The molecule has 0 fully saturated rings. The molecule has 0 radical (unpaired) electrons. The molecule has 0 unspecified atom stereocenters. The third-order valence-corrected chi connectivity index (χ3v) is 4.83. The second-order valence-electron chi connectivity index (χ2n) is 4.29. The van der Waals surface area contributed by atoms with Gasteiger partial charge in [0.05, 0.1) is 0 Å². The van der Waals surface area contributed by atoms with Crippen LogP contribution in [0.3, 0.4) is 0 Å². The van der Waals surface area contributed by atoms with Gasteiger partial charge in [-0.25, -0.2) is 4.98 Å². The zero-order valence-electron chi connectivity index (χ0n) is 10.6. The van der Waals surface area contributed by atoms with Crippen LogP contribution in [0, 0.1) is 6.92 Å². The summed E-state index contributed by atoms with van der Waals surface area (Å²) < 4.78 is 0. The van der Waals surface area contributed by atoms with Gasteiger partial charge >= 0.3 is 0 Å². The minimum absolute atomic E-state index is 0.889. The highest BCUT2D eigenvalue weighted by Crippen LogP contribution is 2.24. The third-order valence-electron chi connectivity index (χ3n) is 2.99. The number of thiazole rings is 1. The van der Waals surface area contributed by atoms with Crippen molar-refractivity contribution in [1.29, 1.82) is 0 Å². The predicted molar refractivity (Wildman–Crippen MR) is 83.9 cm³/mol. The van der Waals surface area contributed by atoms with Crippen LogP contribution in [0.4, 0.5) is 5.69 Å². The fraction of sp³-hybridized carbons (Fsp3) is 0.133. The minimum atomic E-state index is 0.889. The third kappa shape index (κ3) is 2.85. The Balaban J connectivity index is 1.68. The predicted octanol–water partition coefficient (Wildman–Crippen LogP) is 4.79. The molecule has 0 spiro atoms. The van der Waals surface area contributed by atoms with Crippen LogP contribution in [0.2, 0.25) is 0 Å². The van der Waals surface area contributed by atoms with E-state index in [2.05, 4.69) is 52.9 Å². The van der Waals surface area contributed by atoms with Gasteiger partial charge in [0.1, 0.15) is 5.01 Å². The Morgan fingerprint density at radius 1 is 1.05 bits per heavy atom. The van der Waals surface area contributed by atoms with E-state index in [1.54, 1.807) is 22.7 Å². The number of nitrogens with one attached hydrogen (secondary N) is 1. The Morgan fingerprint density at radius 2 is 1.89 bits per heavy atom. The molecule has 0 aliphatic carbocycles. The fourth-order valence-electron chi connectivity index (χ4n) is 1.86. The maximum absolute atomic E-state index is 4.31. The van der Waals surface area contributed by atoms with Crippen molar-refractivity contribution in [2.24, 2.45) is 0 Å². The van der Waals surface area contributed by atoms with E-state index in [-0.39, 0.29) is 0 Å². The molecule has 0 bridgehead atoms. The van der Waals surface area contributed by atoms with Crippen molar-refractivity contribution >= 4 is 28.4 Å². The number of aromatic nitrogens is 1. The van der Waals surface area contributed by atoms with Crippen LogP contribution >= 0.6 is 22.7 Å². The molecule has 0 aliphatic heterocycles. The van der Waals surface area contributed by atoms with Crippen molar-refractivity contribution in [1.82, 2.24) is 4.98 Å². The van der Waals surface area contributed by atoms with Gasteiger partial charge in [-0.05, 0) is 48.2 Å². The van der Waals surface area contributed by atoms with Gasteiger partial charge in [-0.15, -0.1) is 22.7 Å². The highest BCUT2D eigenvalue weighted by atomic mass is 32.1. The van der Waals surface area contributed by atoms with E-state index < -0.39 is 0 Å². The van der Waals surface area contributed by atoms with Crippen molar-refractivity contribution in [3.63, 3.8) is 0 Å². The van der Waals surface area contributed by atoms with Crippen molar-refractivity contribution < 1.29 is 0 Å². The number of benzene rings is 1. The summed E-state index contributed by atoms with van der Waals surface area (Å²) >= 11 is 3.46. The zero-order chi connectivity index (χ0) is 13.1. The summed E-state index contributed by atoms with van der Waals surface area (Å²) in [6.45, 7) is 3.04. The molecule has 3 rings (SSSR count). The van der Waals surface area contributed by atoms with Crippen molar-refractivity contribution in [2.45, 2.75) is 13.5 Å². The Labute approximate surface area is 120 Å². The molecule has 2 aromatic heterocycles. The van der Waals surface area contributed by atoms with E-state index in [0.29, 0.717) is 0 Å². The fourth-order valence-corrected chi connectivity index (χ4v) is 3.35. The van der Waals surface area contributed by atoms with Crippen LogP contribution in [-0.2, 0) is 6.54 Å². The van der Waals surface area contributed by atoms with E-state index in [1.807, 2.05) is 11.6 Å². The molecule has 19 heavy (non-hydrogen) atoms. The van der Waals surface area contributed by atoms with Crippen molar-refractivity contribution in [3.05, 3.63) is 57.7 Å². The smallest absolute Gasteiger partial charge is 0.123 e. The van der Waals surface area contributed by atoms with E-state index in [1.165, 1.54) is 16.0 Å². The molecule has 3 aromatic rings. The Kier molecular flexibility index (Phi) is 3.62. The molecule has 4 heteroatoms. The van der Waals surface area contributed by atoms with E-state index in [9.17, 15) is 0 Å². The van der Waals surface area contributed by atoms with Gasteiger partial charge in [-0.1, -0.05) is 0 Å².